The molecule has 0 N–H and O–H groups in total. The van der Waals surface area contributed by atoms with Gasteiger partial charge in [-0.05, 0) is 31.2 Å². The standard InChI is InChI=1S/C11H9N5.C3H4.2C2H6/c1-4-10(15-8-2-6-12-15)14-11(5-1)16-9-3-7-13-16;1-3-2;2*1-2/h1-9H;1H,2H3;2*1-2H3. The molecule has 122 valence electrons. The third kappa shape index (κ3) is 6.62. The van der Waals surface area contributed by atoms with E-state index in [1.807, 2.05) is 70.4 Å². The molecule has 0 unspecified atom stereocenters. The zero-order valence-corrected chi connectivity index (χ0v) is 14.5. The van der Waals surface area contributed by atoms with E-state index in [0.29, 0.717) is 0 Å². The van der Waals surface area contributed by atoms with Gasteiger partial charge in [0.05, 0.1) is 0 Å². The fourth-order valence-corrected chi connectivity index (χ4v) is 1.48. The van der Waals surface area contributed by atoms with Gasteiger partial charge in [0.1, 0.15) is 0 Å². The van der Waals surface area contributed by atoms with Crippen LogP contribution >= 0.6 is 0 Å². The van der Waals surface area contributed by atoms with E-state index >= 15 is 0 Å². The maximum Gasteiger partial charge on any atom is 0.155 e. The highest BCUT2D eigenvalue weighted by molar-refractivity contribution is 5.30. The molecule has 3 rings (SSSR count). The van der Waals surface area contributed by atoms with Gasteiger partial charge in [-0.3, -0.25) is 0 Å². The summed E-state index contributed by atoms with van der Waals surface area (Å²) in [6.07, 6.45) is 11.8. The van der Waals surface area contributed by atoms with E-state index in [2.05, 4.69) is 27.5 Å². The summed E-state index contributed by atoms with van der Waals surface area (Å²) in [5.74, 6) is 3.80. The molecule has 3 heterocycles. The van der Waals surface area contributed by atoms with E-state index in [-0.39, 0.29) is 0 Å². The lowest BCUT2D eigenvalue weighted by Gasteiger charge is -2.03. The van der Waals surface area contributed by atoms with E-state index in [0.717, 1.165) is 11.6 Å². The van der Waals surface area contributed by atoms with Crippen LogP contribution in [0.25, 0.3) is 11.6 Å². The van der Waals surface area contributed by atoms with E-state index in [4.69, 9.17) is 0 Å². The average Bonchev–Trinajstić information content (AvgIpc) is 3.33. The third-order valence-electron chi connectivity index (χ3n) is 2.20. The summed E-state index contributed by atoms with van der Waals surface area (Å²) in [5.41, 5.74) is 0. The number of terminal acetylenes is 1. The van der Waals surface area contributed by atoms with Crippen molar-refractivity contribution < 1.29 is 0 Å². The Kier molecular flexibility index (Phi) is 11.2. The van der Waals surface area contributed by atoms with Crippen molar-refractivity contribution in [3.05, 3.63) is 55.1 Å². The molecule has 3 aromatic heterocycles. The molecule has 0 bridgehead atoms. The highest BCUT2D eigenvalue weighted by Crippen LogP contribution is 2.07. The van der Waals surface area contributed by atoms with Gasteiger partial charge in [0, 0.05) is 24.8 Å². The Morgan fingerprint density at radius 3 is 1.52 bits per heavy atom. The van der Waals surface area contributed by atoms with E-state index < -0.39 is 0 Å². The first kappa shape index (κ1) is 20.1. The fraction of sp³-hybridized carbons (Fsp3) is 0.278. The summed E-state index contributed by atoms with van der Waals surface area (Å²) >= 11 is 0. The molecule has 5 heteroatoms. The van der Waals surface area contributed by atoms with Crippen LogP contribution in [0, 0.1) is 12.3 Å². The Bertz CT molecular complexity index is 600. The molecule has 0 aliphatic carbocycles. The quantitative estimate of drug-likeness (QED) is 0.668. The summed E-state index contributed by atoms with van der Waals surface area (Å²) < 4.78 is 3.43. The van der Waals surface area contributed by atoms with Crippen molar-refractivity contribution >= 4 is 0 Å². The predicted molar refractivity (Wildman–Crippen MR) is 95.7 cm³/mol. The summed E-state index contributed by atoms with van der Waals surface area (Å²) in [6, 6.07) is 9.46. The Balaban J connectivity index is 0.000000609. The average molecular weight is 311 g/mol. The molecule has 0 spiro atoms. The maximum absolute atomic E-state index is 4.60. The number of pyridine rings is 1. The van der Waals surface area contributed by atoms with E-state index in [1.54, 1.807) is 28.7 Å². The van der Waals surface area contributed by atoms with Crippen molar-refractivity contribution in [3.8, 4) is 24.0 Å². The second-order valence-corrected chi connectivity index (χ2v) is 3.54. The second-order valence-electron chi connectivity index (χ2n) is 3.54. The van der Waals surface area contributed by atoms with Gasteiger partial charge in [0.15, 0.2) is 11.6 Å². The number of aromatic nitrogens is 5. The minimum Gasteiger partial charge on any atom is -0.223 e. The molecule has 0 aliphatic rings. The third-order valence-corrected chi connectivity index (χ3v) is 2.20. The first-order valence-electron chi connectivity index (χ1n) is 7.69. The smallest absolute Gasteiger partial charge is 0.155 e. The highest BCUT2D eigenvalue weighted by Gasteiger charge is 2.01. The number of hydrogen-bond donors (Lipinski definition) is 0. The summed E-state index contributed by atoms with van der Waals surface area (Å²) in [4.78, 5) is 4.46. The predicted octanol–water partition coefficient (Wildman–Crippen LogP) is 4.14. The zero-order chi connectivity index (χ0) is 17.5. The van der Waals surface area contributed by atoms with Gasteiger partial charge in [-0.1, -0.05) is 33.8 Å². The largest absolute Gasteiger partial charge is 0.223 e. The van der Waals surface area contributed by atoms with Gasteiger partial charge < -0.3 is 0 Å². The van der Waals surface area contributed by atoms with Gasteiger partial charge in [0.2, 0.25) is 0 Å². The van der Waals surface area contributed by atoms with Crippen molar-refractivity contribution in [1.82, 2.24) is 24.5 Å². The van der Waals surface area contributed by atoms with Crippen LogP contribution in [0.4, 0.5) is 0 Å². The van der Waals surface area contributed by atoms with Gasteiger partial charge in [-0.2, -0.15) is 10.2 Å². The van der Waals surface area contributed by atoms with Crippen LogP contribution < -0.4 is 0 Å². The molecular formula is C18H25N5. The van der Waals surface area contributed by atoms with Crippen LogP contribution in [0.2, 0.25) is 0 Å². The Labute approximate surface area is 139 Å². The Morgan fingerprint density at radius 2 is 1.22 bits per heavy atom. The first-order valence-corrected chi connectivity index (χ1v) is 7.69. The molecule has 0 aliphatic heterocycles. The minimum absolute atomic E-state index is 0.776. The molecule has 23 heavy (non-hydrogen) atoms. The van der Waals surface area contributed by atoms with Gasteiger partial charge >= 0.3 is 0 Å². The molecule has 0 fully saturated rings. The monoisotopic (exact) mass is 311 g/mol. The van der Waals surface area contributed by atoms with Crippen molar-refractivity contribution in [1.29, 1.82) is 0 Å². The molecule has 0 atom stereocenters. The summed E-state index contributed by atoms with van der Waals surface area (Å²) in [6.45, 7) is 9.65. The summed E-state index contributed by atoms with van der Waals surface area (Å²) in [7, 11) is 0. The van der Waals surface area contributed by atoms with E-state index in [1.165, 1.54) is 0 Å². The molecular weight excluding hydrogens is 286 g/mol. The topological polar surface area (TPSA) is 48.5 Å². The van der Waals surface area contributed by atoms with Crippen LogP contribution in [0.15, 0.2) is 55.1 Å². The lowest BCUT2D eigenvalue weighted by Crippen LogP contribution is -2.03. The Hall–Kier alpha value is -2.87. The molecule has 0 saturated carbocycles. The number of rotatable bonds is 2. The fourth-order valence-electron chi connectivity index (χ4n) is 1.48. The summed E-state index contributed by atoms with van der Waals surface area (Å²) in [5, 5.41) is 8.27. The van der Waals surface area contributed by atoms with Crippen molar-refractivity contribution in [2.45, 2.75) is 34.6 Å². The molecule has 0 radical (unpaired) electrons. The zero-order valence-electron chi connectivity index (χ0n) is 14.5. The van der Waals surface area contributed by atoms with Gasteiger partial charge in [-0.15, -0.1) is 12.3 Å². The molecule has 5 nitrogen and oxygen atoms in total. The highest BCUT2D eigenvalue weighted by atomic mass is 15.3. The molecule has 0 saturated heterocycles. The van der Waals surface area contributed by atoms with Crippen LogP contribution in [0.1, 0.15) is 34.6 Å². The van der Waals surface area contributed by atoms with Gasteiger partial charge in [-0.25, -0.2) is 14.3 Å². The van der Waals surface area contributed by atoms with Crippen molar-refractivity contribution in [3.63, 3.8) is 0 Å². The molecule has 3 aromatic rings. The van der Waals surface area contributed by atoms with Crippen LogP contribution in [-0.2, 0) is 0 Å². The maximum atomic E-state index is 4.60. The second kappa shape index (κ2) is 12.8. The van der Waals surface area contributed by atoms with E-state index in [9.17, 15) is 0 Å². The lowest BCUT2D eigenvalue weighted by atomic mass is 10.4. The SMILES string of the molecule is C#CC.CC.CC.c1cc(-n2cccn2)nc(-n2cccn2)c1. The first-order chi connectivity index (χ1) is 11.3. The number of hydrogen-bond acceptors (Lipinski definition) is 3. The molecule has 0 amide bonds. The lowest BCUT2D eigenvalue weighted by molar-refractivity contribution is 0.803. The van der Waals surface area contributed by atoms with Crippen molar-refractivity contribution in [2.24, 2.45) is 0 Å². The molecule has 0 aromatic carbocycles. The van der Waals surface area contributed by atoms with Gasteiger partial charge in [0.25, 0.3) is 0 Å². The van der Waals surface area contributed by atoms with Crippen LogP contribution in [0.5, 0.6) is 0 Å². The van der Waals surface area contributed by atoms with Crippen molar-refractivity contribution in [2.75, 3.05) is 0 Å². The van der Waals surface area contributed by atoms with Crippen LogP contribution in [0.3, 0.4) is 0 Å². The minimum atomic E-state index is 0.776. The normalized spacial score (nSPS) is 8.17. The number of nitrogens with zero attached hydrogens (tertiary/aromatic N) is 5. The van der Waals surface area contributed by atoms with Crippen LogP contribution in [-0.4, -0.2) is 24.5 Å². The Morgan fingerprint density at radius 1 is 0.826 bits per heavy atom.